The second-order valence-electron chi connectivity index (χ2n) is 6.87. The molecule has 0 aromatic heterocycles. The fourth-order valence-corrected chi connectivity index (χ4v) is 4.45. The molecular weight excluding hydrogens is 364 g/mol. The SMILES string of the molecule is CCOc1cccc(NS(=O)(=O)c2ccc3c(c2)CCN3C(=O)C2CC2)c1. The largest absolute Gasteiger partial charge is 0.494 e. The zero-order valence-electron chi connectivity index (χ0n) is 15.1. The number of carbonyl (C=O) groups excluding carboxylic acids is 1. The first-order chi connectivity index (χ1) is 13.0. The van der Waals surface area contributed by atoms with E-state index in [-0.39, 0.29) is 16.7 Å². The minimum Gasteiger partial charge on any atom is -0.494 e. The second kappa shape index (κ2) is 6.88. The molecule has 2 aliphatic rings. The normalized spacial score (nSPS) is 16.1. The van der Waals surface area contributed by atoms with E-state index in [1.165, 1.54) is 0 Å². The summed E-state index contributed by atoms with van der Waals surface area (Å²) in [7, 11) is -3.72. The number of nitrogens with one attached hydrogen (secondary N) is 1. The molecule has 6 nitrogen and oxygen atoms in total. The monoisotopic (exact) mass is 386 g/mol. The Morgan fingerprint density at radius 2 is 2.04 bits per heavy atom. The predicted molar refractivity (Wildman–Crippen MR) is 104 cm³/mol. The summed E-state index contributed by atoms with van der Waals surface area (Å²) < 4.78 is 33.6. The summed E-state index contributed by atoms with van der Waals surface area (Å²) in [6.45, 7) is 3.01. The van der Waals surface area contributed by atoms with Crippen molar-refractivity contribution in [1.82, 2.24) is 0 Å². The van der Waals surface area contributed by atoms with E-state index < -0.39 is 10.0 Å². The number of ether oxygens (including phenoxy) is 1. The Hall–Kier alpha value is -2.54. The first-order valence-electron chi connectivity index (χ1n) is 9.18. The van der Waals surface area contributed by atoms with Gasteiger partial charge in [-0.2, -0.15) is 0 Å². The lowest BCUT2D eigenvalue weighted by molar-refractivity contribution is -0.119. The van der Waals surface area contributed by atoms with Crippen LogP contribution in [0.2, 0.25) is 0 Å². The van der Waals surface area contributed by atoms with Crippen molar-refractivity contribution in [3.63, 3.8) is 0 Å². The van der Waals surface area contributed by atoms with E-state index in [9.17, 15) is 13.2 Å². The van der Waals surface area contributed by atoms with Gasteiger partial charge in [-0.05, 0) is 62.1 Å². The zero-order valence-corrected chi connectivity index (χ0v) is 16.0. The van der Waals surface area contributed by atoms with Gasteiger partial charge in [-0.3, -0.25) is 9.52 Å². The van der Waals surface area contributed by atoms with Crippen LogP contribution in [-0.2, 0) is 21.2 Å². The molecule has 27 heavy (non-hydrogen) atoms. The van der Waals surface area contributed by atoms with E-state index in [1.807, 2.05) is 6.92 Å². The molecule has 2 aromatic rings. The van der Waals surface area contributed by atoms with Crippen molar-refractivity contribution in [2.24, 2.45) is 5.92 Å². The molecule has 0 saturated heterocycles. The van der Waals surface area contributed by atoms with E-state index in [2.05, 4.69) is 4.72 Å². The fraction of sp³-hybridized carbons (Fsp3) is 0.350. The summed E-state index contributed by atoms with van der Waals surface area (Å²) in [4.78, 5) is 14.4. The Labute approximate surface area is 159 Å². The summed E-state index contributed by atoms with van der Waals surface area (Å²) in [5.74, 6) is 0.926. The minimum atomic E-state index is -3.72. The molecule has 0 unspecified atom stereocenters. The quantitative estimate of drug-likeness (QED) is 0.827. The molecule has 142 valence electrons. The van der Waals surface area contributed by atoms with Crippen LogP contribution in [0.15, 0.2) is 47.4 Å². The number of hydrogen-bond donors (Lipinski definition) is 1. The number of benzene rings is 2. The van der Waals surface area contributed by atoms with Gasteiger partial charge in [0, 0.05) is 24.2 Å². The van der Waals surface area contributed by atoms with Gasteiger partial charge >= 0.3 is 0 Å². The van der Waals surface area contributed by atoms with E-state index in [1.54, 1.807) is 47.4 Å². The van der Waals surface area contributed by atoms with Gasteiger partial charge in [0.05, 0.1) is 17.2 Å². The molecule has 0 spiro atoms. The molecule has 1 aliphatic carbocycles. The first-order valence-corrected chi connectivity index (χ1v) is 10.7. The predicted octanol–water partition coefficient (Wildman–Crippen LogP) is 3.19. The van der Waals surface area contributed by atoms with Crippen LogP contribution in [0.4, 0.5) is 11.4 Å². The zero-order chi connectivity index (χ0) is 19.0. The topological polar surface area (TPSA) is 75.7 Å². The highest BCUT2D eigenvalue weighted by Gasteiger charge is 2.36. The Balaban J connectivity index is 1.56. The van der Waals surface area contributed by atoms with Crippen LogP contribution in [0.3, 0.4) is 0 Å². The highest BCUT2D eigenvalue weighted by Crippen LogP contribution is 2.37. The molecule has 2 aromatic carbocycles. The van der Waals surface area contributed by atoms with Crippen molar-refractivity contribution < 1.29 is 17.9 Å². The maximum Gasteiger partial charge on any atom is 0.261 e. The number of anilines is 2. The lowest BCUT2D eigenvalue weighted by Crippen LogP contribution is -2.30. The van der Waals surface area contributed by atoms with Gasteiger partial charge in [0.2, 0.25) is 5.91 Å². The Morgan fingerprint density at radius 1 is 1.22 bits per heavy atom. The van der Waals surface area contributed by atoms with E-state index >= 15 is 0 Å². The molecule has 7 heteroatoms. The Kier molecular flexibility index (Phi) is 4.55. The standard InChI is InChI=1S/C20H22N2O4S/c1-2-26-17-5-3-4-16(13-17)21-27(24,25)18-8-9-19-15(12-18)10-11-22(19)20(23)14-6-7-14/h3-5,8-9,12-14,21H,2,6-7,10-11H2,1H3. The first kappa shape index (κ1) is 17.9. The van der Waals surface area contributed by atoms with Crippen LogP contribution >= 0.6 is 0 Å². The molecule has 1 heterocycles. The summed E-state index contributed by atoms with van der Waals surface area (Å²) >= 11 is 0. The van der Waals surface area contributed by atoms with E-state index in [0.717, 1.165) is 24.1 Å². The van der Waals surface area contributed by atoms with Crippen LogP contribution in [0.1, 0.15) is 25.3 Å². The van der Waals surface area contributed by atoms with Crippen molar-refractivity contribution in [2.75, 3.05) is 22.8 Å². The molecular formula is C20H22N2O4S. The number of hydrogen-bond acceptors (Lipinski definition) is 4. The third-order valence-corrected chi connectivity index (χ3v) is 6.23. The van der Waals surface area contributed by atoms with Gasteiger partial charge in [-0.15, -0.1) is 0 Å². The van der Waals surface area contributed by atoms with Gasteiger partial charge in [0.25, 0.3) is 10.0 Å². The second-order valence-corrected chi connectivity index (χ2v) is 8.55. The van der Waals surface area contributed by atoms with Crippen LogP contribution in [0.25, 0.3) is 0 Å². The summed E-state index contributed by atoms with van der Waals surface area (Å²) in [6.07, 6.45) is 2.60. The lowest BCUT2D eigenvalue weighted by Gasteiger charge is -2.17. The smallest absolute Gasteiger partial charge is 0.261 e. The molecule has 0 atom stereocenters. The number of sulfonamides is 1. The fourth-order valence-electron chi connectivity index (χ4n) is 3.35. The Bertz CT molecular complexity index is 983. The number of rotatable bonds is 6. The van der Waals surface area contributed by atoms with Crippen LogP contribution in [0.5, 0.6) is 5.75 Å². The number of fused-ring (bicyclic) bond motifs is 1. The minimum absolute atomic E-state index is 0.152. The third-order valence-electron chi connectivity index (χ3n) is 4.85. The van der Waals surface area contributed by atoms with Gasteiger partial charge < -0.3 is 9.64 Å². The maximum atomic E-state index is 12.8. The van der Waals surface area contributed by atoms with E-state index in [0.29, 0.717) is 31.0 Å². The van der Waals surface area contributed by atoms with E-state index in [4.69, 9.17) is 4.74 Å². The number of carbonyl (C=O) groups is 1. The third kappa shape index (κ3) is 3.64. The molecule has 1 amide bonds. The molecule has 0 radical (unpaired) electrons. The van der Waals surface area contributed by atoms with Crippen molar-refractivity contribution in [3.8, 4) is 5.75 Å². The number of amides is 1. The maximum absolute atomic E-state index is 12.8. The molecule has 4 rings (SSSR count). The highest BCUT2D eigenvalue weighted by molar-refractivity contribution is 7.92. The Morgan fingerprint density at radius 3 is 2.78 bits per heavy atom. The van der Waals surface area contributed by atoms with Crippen LogP contribution in [-0.4, -0.2) is 27.5 Å². The van der Waals surface area contributed by atoms with Crippen LogP contribution < -0.4 is 14.4 Å². The van der Waals surface area contributed by atoms with Crippen LogP contribution in [0, 0.1) is 5.92 Å². The molecule has 1 aliphatic heterocycles. The van der Waals surface area contributed by atoms with Gasteiger partial charge in [0.1, 0.15) is 5.75 Å². The average molecular weight is 386 g/mol. The van der Waals surface area contributed by atoms with Crippen molar-refractivity contribution in [3.05, 3.63) is 48.0 Å². The average Bonchev–Trinajstić information content (AvgIpc) is 3.40. The van der Waals surface area contributed by atoms with Crippen molar-refractivity contribution in [1.29, 1.82) is 0 Å². The molecule has 1 saturated carbocycles. The summed E-state index contributed by atoms with van der Waals surface area (Å²) in [5.41, 5.74) is 2.19. The summed E-state index contributed by atoms with van der Waals surface area (Å²) in [5, 5.41) is 0. The van der Waals surface area contributed by atoms with Crippen molar-refractivity contribution in [2.45, 2.75) is 31.1 Å². The van der Waals surface area contributed by atoms with Gasteiger partial charge in [0.15, 0.2) is 0 Å². The highest BCUT2D eigenvalue weighted by atomic mass is 32.2. The summed E-state index contributed by atoms with van der Waals surface area (Å²) in [6, 6.07) is 11.8. The van der Waals surface area contributed by atoms with Gasteiger partial charge in [-0.1, -0.05) is 6.07 Å². The lowest BCUT2D eigenvalue weighted by atomic mass is 10.2. The van der Waals surface area contributed by atoms with Gasteiger partial charge in [-0.25, -0.2) is 8.42 Å². The molecule has 1 fully saturated rings. The molecule has 0 bridgehead atoms. The molecule has 1 N–H and O–H groups in total. The number of nitrogens with zero attached hydrogens (tertiary/aromatic N) is 1. The van der Waals surface area contributed by atoms with Crippen molar-refractivity contribution >= 4 is 27.3 Å².